The quantitative estimate of drug-likeness (QED) is 0.853. The number of sulfone groups is 1. The van der Waals surface area contributed by atoms with Crippen LogP contribution in [0, 0.1) is 6.92 Å². The van der Waals surface area contributed by atoms with E-state index in [0.717, 1.165) is 5.56 Å². The van der Waals surface area contributed by atoms with Gasteiger partial charge in [-0.25, -0.2) is 8.42 Å². The van der Waals surface area contributed by atoms with Crippen LogP contribution in [0.4, 0.5) is 11.8 Å². The van der Waals surface area contributed by atoms with Crippen LogP contribution in [0.3, 0.4) is 0 Å². The number of rotatable bonds is 5. The largest absolute Gasteiger partial charge is 0.365 e. The molecule has 1 unspecified atom stereocenters. The van der Waals surface area contributed by atoms with Gasteiger partial charge in [0.05, 0.1) is 17.7 Å². The van der Waals surface area contributed by atoms with Gasteiger partial charge in [0.15, 0.2) is 15.7 Å². The summed E-state index contributed by atoms with van der Waals surface area (Å²) in [6.45, 7) is 2.66. The fraction of sp³-hybridized carbons (Fsp3) is 0.400. The summed E-state index contributed by atoms with van der Waals surface area (Å²) in [4.78, 5) is 4.34. The highest BCUT2D eigenvalue weighted by molar-refractivity contribution is 7.91. The predicted octanol–water partition coefficient (Wildman–Crippen LogP) is 1.39. The molecule has 1 aliphatic rings. The number of aromatic nitrogens is 3. The van der Waals surface area contributed by atoms with Crippen molar-refractivity contribution in [3.8, 4) is 0 Å². The molecule has 7 nitrogen and oxygen atoms in total. The summed E-state index contributed by atoms with van der Waals surface area (Å²) in [6.07, 6.45) is 2.10. The van der Waals surface area contributed by atoms with E-state index in [-0.39, 0.29) is 17.5 Å². The molecule has 0 radical (unpaired) electrons. The maximum absolute atomic E-state index is 11.5. The van der Waals surface area contributed by atoms with Gasteiger partial charge in [0.2, 0.25) is 5.95 Å². The molecule has 0 saturated carbocycles. The van der Waals surface area contributed by atoms with Crippen molar-refractivity contribution in [3.63, 3.8) is 0 Å². The molecule has 122 valence electrons. The third-order valence-electron chi connectivity index (χ3n) is 3.84. The molecule has 1 aliphatic heterocycles. The zero-order valence-electron chi connectivity index (χ0n) is 12.9. The van der Waals surface area contributed by atoms with Gasteiger partial charge < -0.3 is 10.6 Å². The Morgan fingerprint density at radius 2 is 2.13 bits per heavy atom. The third kappa shape index (κ3) is 4.16. The Hall–Kier alpha value is -2.22. The monoisotopic (exact) mass is 333 g/mol. The SMILES string of the molecule is Cc1ccccc1CNc1nncc(NC2CCS(=O)(=O)C2)n1. The van der Waals surface area contributed by atoms with Crippen LogP contribution in [0.15, 0.2) is 30.5 Å². The van der Waals surface area contributed by atoms with Gasteiger partial charge >= 0.3 is 0 Å². The lowest BCUT2D eigenvalue weighted by molar-refractivity contribution is 0.602. The minimum absolute atomic E-state index is 0.110. The Labute approximate surface area is 135 Å². The van der Waals surface area contributed by atoms with Crippen LogP contribution in [0.25, 0.3) is 0 Å². The summed E-state index contributed by atoms with van der Waals surface area (Å²) < 4.78 is 23.0. The molecule has 1 aromatic heterocycles. The van der Waals surface area contributed by atoms with E-state index in [1.807, 2.05) is 18.2 Å². The van der Waals surface area contributed by atoms with E-state index < -0.39 is 9.84 Å². The summed E-state index contributed by atoms with van der Waals surface area (Å²) >= 11 is 0. The number of hydrogen-bond donors (Lipinski definition) is 2. The molecule has 2 N–H and O–H groups in total. The summed E-state index contributed by atoms with van der Waals surface area (Å²) in [7, 11) is -2.92. The number of nitrogens with one attached hydrogen (secondary N) is 2. The molecule has 2 aromatic rings. The first-order valence-corrected chi connectivity index (χ1v) is 9.29. The Morgan fingerprint density at radius 3 is 2.87 bits per heavy atom. The van der Waals surface area contributed by atoms with E-state index in [1.165, 1.54) is 11.8 Å². The fourth-order valence-corrected chi connectivity index (χ4v) is 4.22. The molecule has 0 amide bonds. The lowest BCUT2D eigenvalue weighted by atomic mass is 10.1. The molecule has 0 spiro atoms. The van der Waals surface area contributed by atoms with Crippen LogP contribution in [-0.4, -0.2) is 41.1 Å². The lowest BCUT2D eigenvalue weighted by Crippen LogP contribution is -2.21. The molecule has 0 aliphatic carbocycles. The van der Waals surface area contributed by atoms with Gasteiger partial charge in [0, 0.05) is 12.6 Å². The highest BCUT2D eigenvalue weighted by Gasteiger charge is 2.28. The first-order valence-electron chi connectivity index (χ1n) is 7.47. The summed E-state index contributed by atoms with van der Waals surface area (Å²) in [6, 6.07) is 7.97. The standard InChI is InChI=1S/C15H19N5O2S/c1-11-4-2-3-5-12(11)8-16-15-19-14(9-17-20-15)18-13-6-7-23(21,22)10-13/h2-5,9,13H,6-8,10H2,1H3,(H2,16,18,19,20). The van der Waals surface area contributed by atoms with E-state index in [0.29, 0.717) is 24.7 Å². The molecular weight excluding hydrogens is 314 g/mol. The van der Waals surface area contributed by atoms with Gasteiger partial charge in [-0.05, 0) is 24.5 Å². The molecule has 1 fully saturated rings. The normalized spacial score (nSPS) is 19.4. The molecule has 23 heavy (non-hydrogen) atoms. The summed E-state index contributed by atoms with van der Waals surface area (Å²) in [5.74, 6) is 1.32. The zero-order chi connectivity index (χ0) is 16.3. The lowest BCUT2D eigenvalue weighted by Gasteiger charge is -2.12. The molecule has 0 bridgehead atoms. The van der Waals surface area contributed by atoms with Gasteiger partial charge in [-0.15, -0.1) is 5.10 Å². The molecule has 1 atom stereocenters. The van der Waals surface area contributed by atoms with Gasteiger partial charge in [0.1, 0.15) is 0 Å². The maximum Gasteiger partial charge on any atom is 0.244 e. The second kappa shape index (κ2) is 6.49. The van der Waals surface area contributed by atoms with Gasteiger partial charge in [-0.3, -0.25) is 0 Å². The predicted molar refractivity (Wildman–Crippen MR) is 89.0 cm³/mol. The van der Waals surface area contributed by atoms with Crippen molar-refractivity contribution in [2.75, 3.05) is 22.1 Å². The van der Waals surface area contributed by atoms with E-state index in [4.69, 9.17) is 0 Å². The molecule has 1 aromatic carbocycles. The minimum atomic E-state index is -2.92. The van der Waals surface area contributed by atoms with Crippen molar-refractivity contribution < 1.29 is 8.42 Å². The summed E-state index contributed by atoms with van der Waals surface area (Å²) in [5, 5.41) is 14.1. The van der Waals surface area contributed by atoms with Gasteiger partial charge in [-0.2, -0.15) is 10.1 Å². The molecular formula is C15H19N5O2S. The zero-order valence-corrected chi connectivity index (χ0v) is 13.7. The molecule has 3 rings (SSSR count). The Kier molecular flexibility index (Phi) is 4.42. The van der Waals surface area contributed by atoms with E-state index >= 15 is 0 Å². The molecule has 8 heteroatoms. The van der Waals surface area contributed by atoms with Crippen LogP contribution >= 0.6 is 0 Å². The average molecular weight is 333 g/mol. The number of nitrogens with zero attached hydrogens (tertiary/aromatic N) is 3. The van der Waals surface area contributed by atoms with E-state index in [2.05, 4.69) is 38.8 Å². The number of benzene rings is 1. The van der Waals surface area contributed by atoms with Crippen molar-refractivity contribution >= 4 is 21.6 Å². The molecule has 2 heterocycles. The first-order chi connectivity index (χ1) is 11.0. The minimum Gasteiger partial charge on any atom is -0.365 e. The Balaban J connectivity index is 1.62. The van der Waals surface area contributed by atoms with Crippen LogP contribution in [-0.2, 0) is 16.4 Å². The smallest absolute Gasteiger partial charge is 0.244 e. The third-order valence-corrected chi connectivity index (χ3v) is 5.61. The highest BCUT2D eigenvalue weighted by atomic mass is 32.2. The number of hydrogen-bond acceptors (Lipinski definition) is 7. The fourth-order valence-electron chi connectivity index (χ4n) is 2.55. The molecule has 1 saturated heterocycles. The van der Waals surface area contributed by atoms with Crippen molar-refractivity contribution in [1.82, 2.24) is 15.2 Å². The van der Waals surface area contributed by atoms with Crippen LogP contribution in [0.2, 0.25) is 0 Å². The summed E-state index contributed by atoms with van der Waals surface area (Å²) in [5.41, 5.74) is 2.36. The van der Waals surface area contributed by atoms with Gasteiger partial charge in [-0.1, -0.05) is 24.3 Å². The van der Waals surface area contributed by atoms with Crippen LogP contribution in [0.1, 0.15) is 17.5 Å². The Bertz CT molecular complexity index is 794. The van der Waals surface area contributed by atoms with Crippen molar-refractivity contribution in [1.29, 1.82) is 0 Å². The number of aryl methyl sites for hydroxylation is 1. The first kappa shape index (κ1) is 15.7. The van der Waals surface area contributed by atoms with Crippen LogP contribution < -0.4 is 10.6 Å². The topological polar surface area (TPSA) is 96.9 Å². The average Bonchev–Trinajstić information content (AvgIpc) is 2.86. The van der Waals surface area contributed by atoms with Crippen molar-refractivity contribution in [3.05, 3.63) is 41.6 Å². The second-order valence-electron chi connectivity index (χ2n) is 5.69. The van der Waals surface area contributed by atoms with Crippen molar-refractivity contribution in [2.24, 2.45) is 0 Å². The van der Waals surface area contributed by atoms with Crippen molar-refractivity contribution in [2.45, 2.75) is 25.9 Å². The van der Waals surface area contributed by atoms with E-state index in [1.54, 1.807) is 0 Å². The van der Waals surface area contributed by atoms with E-state index in [9.17, 15) is 8.42 Å². The van der Waals surface area contributed by atoms with Crippen LogP contribution in [0.5, 0.6) is 0 Å². The van der Waals surface area contributed by atoms with Gasteiger partial charge in [0.25, 0.3) is 0 Å². The second-order valence-corrected chi connectivity index (χ2v) is 7.92. The number of anilines is 2. The maximum atomic E-state index is 11.5. The highest BCUT2D eigenvalue weighted by Crippen LogP contribution is 2.16. The Morgan fingerprint density at radius 1 is 1.30 bits per heavy atom.